The predicted molar refractivity (Wildman–Crippen MR) is 105 cm³/mol. The predicted octanol–water partition coefficient (Wildman–Crippen LogP) is 1.48. The van der Waals surface area contributed by atoms with Crippen LogP contribution in [-0.2, 0) is 14.8 Å². The first-order valence-electron chi connectivity index (χ1n) is 9.56. The first kappa shape index (κ1) is 19.6. The molecule has 0 N–H and O–H groups in total. The van der Waals surface area contributed by atoms with Gasteiger partial charge >= 0.3 is 0 Å². The molecule has 2 heterocycles. The summed E-state index contributed by atoms with van der Waals surface area (Å²) in [6.45, 7) is 11.1. The fourth-order valence-corrected chi connectivity index (χ4v) is 5.18. The minimum absolute atomic E-state index is 0.244. The molecule has 1 aromatic rings. The van der Waals surface area contributed by atoms with Gasteiger partial charge in [-0.2, -0.15) is 4.31 Å². The lowest BCUT2D eigenvalue weighted by Crippen LogP contribution is -2.49. The van der Waals surface area contributed by atoms with Crippen LogP contribution in [0.25, 0.3) is 0 Å². The van der Waals surface area contributed by atoms with Gasteiger partial charge in [0.15, 0.2) is 0 Å². The molecular formula is C19H31N3O3S. The Morgan fingerprint density at radius 3 is 2.38 bits per heavy atom. The van der Waals surface area contributed by atoms with Gasteiger partial charge in [-0.15, -0.1) is 0 Å². The molecule has 0 unspecified atom stereocenters. The van der Waals surface area contributed by atoms with Crippen LogP contribution in [-0.4, -0.2) is 82.4 Å². The molecule has 26 heavy (non-hydrogen) atoms. The molecule has 2 saturated heterocycles. The van der Waals surface area contributed by atoms with Gasteiger partial charge in [0.25, 0.3) is 0 Å². The molecule has 0 saturated carbocycles. The zero-order valence-corrected chi connectivity index (χ0v) is 16.8. The zero-order valence-electron chi connectivity index (χ0n) is 16.0. The van der Waals surface area contributed by atoms with Crippen LogP contribution >= 0.6 is 0 Å². The molecule has 3 rings (SSSR count). The molecule has 0 aliphatic carbocycles. The third-order valence-corrected chi connectivity index (χ3v) is 7.49. The van der Waals surface area contributed by atoms with Gasteiger partial charge in [0, 0.05) is 45.0 Å². The molecule has 0 atom stereocenters. The van der Waals surface area contributed by atoms with Crippen LogP contribution in [0.5, 0.6) is 0 Å². The smallest absolute Gasteiger partial charge is 0.214 e. The van der Waals surface area contributed by atoms with E-state index in [1.165, 1.54) is 16.8 Å². The van der Waals surface area contributed by atoms with E-state index in [0.717, 1.165) is 45.9 Å². The summed E-state index contributed by atoms with van der Waals surface area (Å²) >= 11 is 0. The van der Waals surface area contributed by atoms with Crippen LogP contribution in [0.4, 0.5) is 5.69 Å². The van der Waals surface area contributed by atoms with Crippen LogP contribution < -0.4 is 4.90 Å². The topological polar surface area (TPSA) is 53.1 Å². The SMILES string of the molecule is Cc1cccc(N2CCN(S(=O)(=O)CCCN3CCOCC3)CC2)c1C. The molecule has 0 aromatic heterocycles. The molecule has 0 spiro atoms. The Hall–Kier alpha value is -1.15. The molecule has 146 valence electrons. The van der Waals surface area contributed by atoms with Gasteiger partial charge in [0.2, 0.25) is 10.0 Å². The van der Waals surface area contributed by atoms with E-state index in [4.69, 9.17) is 4.74 Å². The summed E-state index contributed by atoms with van der Waals surface area (Å²) in [5.74, 6) is 0.244. The lowest BCUT2D eigenvalue weighted by Gasteiger charge is -2.36. The summed E-state index contributed by atoms with van der Waals surface area (Å²) in [6, 6.07) is 6.33. The second-order valence-corrected chi connectivity index (χ2v) is 9.32. The molecule has 2 aliphatic heterocycles. The summed E-state index contributed by atoms with van der Waals surface area (Å²) in [6.07, 6.45) is 0.694. The van der Waals surface area contributed by atoms with Crippen LogP contribution in [0, 0.1) is 13.8 Å². The average molecular weight is 382 g/mol. The van der Waals surface area contributed by atoms with Crippen molar-refractivity contribution in [1.29, 1.82) is 0 Å². The number of sulfonamides is 1. The Kier molecular flexibility index (Phi) is 6.55. The highest BCUT2D eigenvalue weighted by Crippen LogP contribution is 2.24. The van der Waals surface area contributed by atoms with Crippen molar-refractivity contribution in [1.82, 2.24) is 9.21 Å². The molecule has 0 amide bonds. The first-order chi connectivity index (χ1) is 12.5. The van der Waals surface area contributed by atoms with Gasteiger partial charge in [-0.1, -0.05) is 12.1 Å². The Morgan fingerprint density at radius 1 is 1.00 bits per heavy atom. The molecule has 2 aliphatic rings. The minimum atomic E-state index is -3.16. The third-order valence-electron chi connectivity index (χ3n) is 5.53. The van der Waals surface area contributed by atoms with E-state index in [-0.39, 0.29) is 5.75 Å². The lowest BCUT2D eigenvalue weighted by molar-refractivity contribution is 0.0380. The van der Waals surface area contributed by atoms with E-state index < -0.39 is 10.0 Å². The maximum Gasteiger partial charge on any atom is 0.214 e. The average Bonchev–Trinajstić information content (AvgIpc) is 2.65. The van der Waals surface area contributed by atoms with Crippen molar-refractivity contribution in [2.45, 2.75) is 20.3 Å². The van der Waals surface area contributed by atoms with Crippen molar-refractivity contribution >= 4 is 15.7 Å². The Balaban J connectivity index is 1.49. The van der Waals surface area contributed by atoms with Crippen molar-refractivity contribution in [3.63, 3.8) is 0 Å². The quantitative estimate of drug-likeness (QED) is 0.747. The van der Waals surface area contributed by atoms with E-state index in [9.17, 15) is 8.42 Å². The summed E-state index contributed by atoms with van der Waals surface area (Å²) < 4.78 is 32.3. The van der Waals surface area contributed by atoms with Crippen molar-refractivity contribution < 1.29 is 13.2 Å². The van der Waals surface area contributed by atoms with E-state index in [2.05, 4.69) is 41.8 Å². The van der Waals surface area contributed by atoms with Crippen molar-refractivity contribution in [2.24, 2.45) is 0 Å². The molecule has 1 aromatic carbocycles. The summed E-state index contributed by atoms with van der Waals surface area (Å²) in [7, 11) is -3.16. The number of anilines is 1. The van der Waals surface area contributed by atoms with E-state index in [1.807, 2.05) is 0 Å². The van der Waals surface area contributed by atoms with Crippen LogP contribution in [0.15, 0.2) is 18.2 Å². The number of ether oxygens (including phenoxy) is 1. The van der Waals surface area contributed by atoms with Crippen molar-refractivity contribution in [3.8, 4) is 0 Å². The standard InChI is InChI=1S/C19H31N3O3S/c1-17-5-3-6-19(18(17)2)21-8-10-22(11-9-21)26(23,24)16-4-7-20-12-14-25-15-13-20/h3,5-6H,4,7-16H2,1-2H3. The van der Waals surface area contributed by atoms with E-state index in [1.54, 1.807) is 4.31 Å². The number of hydrogen-bond acceptors (Lipinski definition) is 5. The van der Waals surface area contributed by atoms with Crippen LogP contribution in [0.3, 0.4) is 0 Å². The fraction of sp³-hybridized carbons (Fsp3) is 0.684. The first-order valence-corrected chi connectivity index (χ1v) is 11.2. The largest absolute Gasteiger partial charge is 0.379 e. The van der Waals surface area contributed by atoms with E-state index in [0.29, 0.717) is 19.5 Å². The molecule has 0 bridgehead atoms. The Bertz CT molecular complexity index is 694. The number of aryl methyl sites for hydroxylation is 1. The number of morpholine rings is 1. The molecule has 7 heteroatoms. The number of nitrogens with zero attached hydrogens (tertiary/aromatic N) is 3. The zero-order chi connectivity index (χ0) is 18.6. The second-order valence-electron chi connectivity index (χ2n) is 7.23. The van der Waals surface area contributed by atoms with Gasteiger partial charge in [-0.25, -0.2) is 8.42 Å². The Morgan fingerprint density at radius 2 is 1.69 bits per heavy atom. The number of rotatable bonds is 6. The van der Waals surface area contributed by atoms with E-state index >= 15 is 0 Å². The number of hydrogen-bond donors (Lipinski definition) is 0. The lowest BCUT2D eigenvalue weighted by atomic mass is 10.1. The highest BCUT2D eigenvalue weighted by atomic mass is 32.2. The molecule has 2 fully saturated rings. The Labute approximate surface area is 157 Å². The van der Waals surface area contributed by atoms with Crippen LogP contribution in [0.2, 0.25) is 0 Å². The second kappa shape index (κ2) is 8.69. The number of piperazine rings is 1. The summed E-state index contributed by atoms with van der Waals surface area (Å²) in [5, 5.41) is 0. The van der Waals surface area contributed by atoms with Gasteiger partial charge in [-0.3, -0.25) is 4.90 Å². The monoisotopic (exact) mass is 381 g/mol. The fourth-order valence-electron chi connectivity index (χ4n) is 3.71. The van der Waals surface area contributed by atoms with Gasteiger partial charge < -0.3 is 9.64 Å². The summed E-state index contributed by atoms with van der Waals surface area (Å²) in [4.78, 5) is 4.60. The van der Waals surface area contributed by atoms with Crippen molar-refractivity contribution in [2.75, 3.05) is 69.7 Å². The highest BCUT2D eigenvalue weighted by molar-refractivity contribution is 7.89. The number of benzene rings is 1. The van der Waals surface area contributed by atoms with Gasteiger partial charge in [-0.05, 0) is 44.0 Å². The minimum Gasteiger partial charge on any atom is -0.379 e. The molecule has 6 nitrogen and oxygen atoms in total. The maximum absolute atomic E-state index is 12.7. The molecule has 0 radical (unpaired) electrons. The normalized spacial score (nSPS) is 20.5. The maximum atomic E-state index is 12.7. The van der Waals surface area contributed by atoms with Gasteiger partial charge in [0.05, 0.1) is 19.0 Å². The van der Waals surface area contributed by atoms with Crippen LogP contribution in [0.1, 0.15) is 17.5 Å². The molecular weight excluding hydrogens is 350 g/mol. The highest BCUT2D eigenvalue weighted by Gasteiger charge is 2.27. The third kappa shape index (κ3) is 4.76. The van der Waals surface area contributed by atoms with Gasteiger partial charge in [0.1, 0.15) is 0 Å². The summed E-state index contributed by atoms with van der Waals surface area (Å²) in [5.41, 5.74) is 3.80. The van der Waals surface area contributed by atoms with Crippen molar-refractivity contribution in [3.05, 3.63) is 29.3 Å².